The van der Waals surface area contributed by atoms with Crippen molar-refractivity contribution < 1.29 is 13.2 Å². The topological polar surface area (TPSA) is 79.4 Å². The summed E-state index contributed by atoms with van der Waals surface area (Å²) in [5.41, 5.74) is 1.27. The summed E-state index contributed by atoms with van der Waals surface area (Å²) in [6.07, 6.45) is 2.72. The number of pyridine rings is 1. The zero-order valence-corrected chi connectivity index (χ0v) is 14.2. The van der Waals surface area contributed by atoms with Gasteiger partial charge < -0.3 is 5.32 Å². The van der Waals surface area contributed by atoms with Gasteiger partial charge in [-0.3, -0.25) is 9.78 Å². The summed E-state index contributed by atoms with van der Waals surface area (Å²) in [5.74, 6) is -0.453. The summed E-state index contributed by atoms with van der Waals surface area (Å²) in [7, 11) is -2.42. The first-order chi connectivity index (χ1) is 10.8. The number of nitrogens with one attached hydrogen (secondary N) is 1. The molecule has 23 heavy (non-hydrogen) atoms. The van der Waals surface area contributed by atoms with E-state index in [4.69, 9.17) is 11.6 Å². The van der Waals surface area contributed by atoms with Crippen LogP contribution in [-0.4, -0.2) is 37.2 Å². The van der Waals surface area contributed by atoms with Crippen molar-refractivity contribution in [1.82, 2.24) is 9.29 Å². The number of rotatable bonds is 5. The van der Waals surface area contributed by atoms with Gasteiger partial charge in [-0.05, 0) is 36.8 Å². The van der Waals surface area contributed by atoms with E-state index in [-0.39, 0.29) is 11.4 Å². The van der Waals surface area contributed by atoms with Crippen LogP contribution in [0.2, 0.25) is 5.02 Å². The fraction of sp³-hybridized carbons (Fsp3) is 0.200. The molecule has 122 valence electrons. The third-order valence-electron chi connectivity index (χ3n) is 3.25. The van der Waals surface area contributed by atoms with Crippen LogP contribution in [0.5, 0.6) is 0 Å². The van der Waals surface area contributed by atoms with E-state index in [9.17, 15) is 13.2 Å². The molecule has 0 aliphatic carbocycles. The van der Waals surface area contributed by atoms with Crippen molar-refractivity contribution in [2.45, 2.75) is 11.8 Å². The van der Waals surface area contributed by atoms with Gasteiger partial charge in [-0.25, -0.2) is 8.42 Å². The lowest BCUT2D eigenvalue weighted by Crippen LogP contribution is -2.35. The second kappa shape index (κ2) is 7.08. The molecule has 1 amide bonds. The van der Waals surface area contributed by atoms with Gasteiger partial charge in [-0.15, -0.1) is 0 Å². The van der Waals surface area contributed by atoms with Crippen molar-refractivity contribution in [3.05, 3.63) is 53.3 Å². The number of sulfonamides is 1. The third-order valence-corrected chi connectivity index (χ3v) is 5.45. The number of anilines is 1. The Labute approximate surface area is 140 Å². The summed E-state index contributed by atoms with van der Waals surface area (Å²) >= 11 is 5.99. The Hall–Kier alpha value is -1.96. The van der Waals surface area contributed by atoms with Crippen LogP contribution in [0.4, 0.5) is 5.69 Å². The van der Waals surface area contributed by atoms with E-state index in [2.05, 4.69) is 10.3 Å². The van der Waals surface area contributed by atoms with Gasteiger partial charge in [0.1, 0.15) is 4.90 Å². The molecular weight excluding hydrogens is 338 g/mol. The van der Waals surface area contributed by atoms with Crippen LogP contribution in [0.1, 0.15) is 5.56 Å². The first-order valence-corrected chi connectivity index (χ1v) is 8.55. The Bertz CT molecular complexity index is 810. The van der Waals surface area contributed by atoms with Gasteiger partial charge >= 0.3 is 0 Å². The third kappa shape index (κ3) is 4.07. The number of benzene rings is 1. The number of hydrogen-bond acceptors (Lipinski definition) is 4. The predicted molar refractivity (Wildman–Crippen MR) is 88.9 cm³/mol. The fourth-order valence-corrected chi connectivity index (χ4v) is 3.17. The van der Waals surface area contributed by atoms with Gasteiger partial charge in [0.25, 0.3) is 0 Å². The molecule has 1 aromatic heterocycles. The van der Waals surface area contributed by atoms with E-state index in [1.54, 1.807) is 25.1 Å². The monoisotopic (exact) mass is 353 g/mol. The minimum absolute atomic E-state index is 0.0363. The Kier molecular flexibility index (Phi) is 5.35. The van der Waals surface area contributed by atoms with Crippen molar-refractivity contribution >= 4 is 33.2 Å². The molecular formula is C15H16ClN3O3S. The smallest absolute Gasteiger partial charge is 0.244 e. The molecule has 8 heteroatoms. The summed E-state index contributed by atoms with van der Waals surface area (Å²) in [5, 5.41) is 3.19. The van der Waals surface area contributed by atoms with Crippen LogP contribution >= 0.6 is 11.6 Å². The van der Waals surface area contributed by atoms with Gasteiger partial charge in [0.05, 0.1) is 6.54 Å². The van der Waals surface area contributed by atoms with Crippen LogP contribution in [0.15, 0.2) is 47.6 Å². The number of halogens is 1. The zero-order chi connectivity index (χ0) is 17.0. The molecule has 0 fully saturated rings. The van der Waals surface area contributed by atoms with E-state index in [1.165, 1.54) is 31.6 Å². The molecule has 0 saturated carbocycles. The molecule has 0 aliphatic heterocycles. The normalized spacial score (nSPS) is 11.5. The summed E-state index contributed by atoms with van der Waals surface area (Å²) in [4.78, 5) is 15.9. The molecule has 0 atom stereocenters. The maximum atomic E-state index is 12.3. The van der Waals surface area contributed by atoms with Gasteiger partial charge in [0.15, 0.2) is 0 Å². The summed E-state index contributed by atoms with van der Waals surface area (Å²) in [6.45, 7) is 1.46. The number of likely N-dealkylation sites (N-methyl/N-ethyl adjacent to an activating group) is 1. The molecule has 0 radical (unpaired) electrons. The molecule has 0 bridgehead atoms. The lowest BCUT2D eigenvalue weighted by molar-refractivity contribution is -0.116. The molecule has 1 heterocycles. The average molecular weight is 354 g/mol. The molecule has 0 saturated heterocycles. The van der Waals surface area contributed by atoms with Crippen molar-refractivity contribution in [1.29, 1.82) is 0 Å². The number of amides is 1. The van der Waals surface area contributed by atoms with Crippen molar-refractivity contribution in [2.24, 2.45) is 0 Å². The van der Waals surface area contributed by atoms with E-state index in [1.807, 2.05) is 0 Å². The second-order valence-corrected chi connectivity index (χ2v) is 7.36. The average Bonchev–Trinajstić information content (AvgIpc) is 2.52. The molecule has 2 rings (SSSR count). The van der Waals surface area contributed by atoms with Crippen LogP contribution in [0, 0.1) is 6.92 Å². The SMILES string of the molecule is Cc1c(Cl)cccc1NC(=O)CN(C)S(=O)(=O)c1cccnc1. The van der Waals surface area contributed by atoms with Crippen LogP contribution < -0.4 is 5.32 Å². The van der Waals surface area contributed by atoms with Gasteiger partial charge in [-0.1, -0.05) is 17.7 Å². The molecule has 6 nitrogen and oxygen atoms in total. The molecule has 1 aromatic carbocycles. The molecule has 0 spiro atoms. The second-order valence-electron chi connectivity index (χ2n) is 4.91. The highest BCUT2D eigenvalue weighted by Crippen LogP contribution is 2.23. The standard InChI is InChI=1S/C15H16ClN3O3S/c1-11-13(16)6-3-7-14(11)18-15(20)10-19(2)23(21,22)12-5-4-8-17-9-12/h3-9H,10H2,1-2H3,(H,18,20). The molecule has 0 aliphatic rings. The number of nitrogens with zero attached hydrogens (tertiary/aromatic N) is 2. The molecule has 1 N–H and O–H groups in total. The van der Waals surface area contributed by atoms with E-state index < -0.39 is 15.9 Å². The highest BCUT2D eigenvalue weighted by molar-refractivity contribution is 7.89. The lowest BCUT2D eigenvalue weighted by Gasteiger charge is -2.17. The zero-order valence-electron chi connectivity index (χ0n) is 12.7. The van der Waals surface area contributed by atoms with E-state index in [0.29, 0.717) is 10.7 Å². The molecule has 0 unspecified atom stereocenters. The molecule has 2 aromatic rings. The van der Waals surface area contributed by atoms with Crippen molar-refractivity contribution in [2.75, 3.05) is 18.9 Å². The van der Waals surface area contributed by atoms with Gasteiger partial charge in [0.2, 0.25) is 15.9 Å². The van der Waals surface area contributed by atoms with Crippen molar-refractivity contribution in [3.63, 3.8) is 0 Å². The van der Waals surface area contributed by atoms with Crippen LogP contribution in [0.3, 0.4) is 0 Å². The Balaban J connectivity index is 2.10. The maximum Gasteiger partial charge on any atom is 0.244 e. The fourth-order valence-electron chi connectivity index (χ4n) is 1.90. The van der Waals surface area contributed by atoms with Gasteiger partial charge in [0, 0.05) is 30.2 Å². The Morgan fingerprint density at radius 3 is 2.70 bits per heavy atom. The number of aromatic nitrogens is 1. The Morgan fingerprint density at radius 1 is 1.30 bits per heavy atom. The maximum absolute atomic E-state index is 12.3. The highest BCUT2D eigenvalue weighted by Gasteiger charge is 2.23. The highest BCUT2D eigenvalue weighted by atomic mass is 35.5. The quantitative estimate of drug-likeness (QED) is 0.894. The summed E-state index contributed by atoms with van der Waals surface area (Å²) < 4.78 is 25.6. The Morgan fingerprint density at radius 2 is 2.04 bits per heavy atom. The summed E-state index contributed by atoms with van der Waals surface area (Å²) in [6, 6.07) is 8.08. The predicted octanol–water partition coefficient (Wildman–Crippen LogP) is 2.30. The van der Waals surface area contributed by atoms with Crippen LogP contribution in [-0.2, 0) is 14.8 Å². The van der Waals surface area contributed by atoms with E-state index in [0.717, 1.165) is 9.87 Å². The lowest BCUT2D eigenvalue weighted by atomic mass is 10.2. The first-order valence-electron chi connectivity index (χ1n) is 6.73. The number of carbonyl (C=O) groups is 1. The first kappa shape index (κ1) is 17.4. The van der Waals surface area contributed by atoms with Gasteiger partial charge in [-0.2, -0.15) is 4.31 Å². The minimum atomic E-state index is -3.76. The minimum Gasteiger partial charge on any atom is -0.325 e. The van der Waals surface area contributed by atoms with Crippen LogP contribution in [0.25, 0.3) is 0 Å². The van der Waals surface area contributed by atoms with E-state index >= 15 is 0 Å². The number of hydrogen-bond donors (Lipinski definition) is 1. The van der Waals surface area contributed by atoms with Crippen molar-refractivity contribution in [3.8, 4) is 0 Å². The largest absolute Gasteiger partial charge is 0.325 e. The number of carbonyl (C=O) groups excluding carboxylic acids is 1.